The second-order valence-corrected chi connectivity index (χ2v) is 5.65. The molecule has 1 aliphatic rings. The summed E-state index contributed by atoms with van der Waals surface area (Å²) in [7, 11) is 0. The minimum absolute atomic E-state index is 0.107. The molecular weight excluding hydrogens is 284 g/mol. The Hall–Kier alpha value is -2.31. The Kier molecular flexibility index (Phi) is 4.13. The monoisotopic (exact) mass is 302 g/mol. The first-order valence-electron chi connectivity index (χ1n) is 7.55. The van der Waals surface area contributed by atoms with Crippen LogP contribution in [0.5, 0.6) is 0 Å². The van der Waals surface area contributed by atoms with Gasteiger partial charge in [-0.2, -0.15) is 10.1 Å². The van der Waals surface area contributed by atoms with Crippen LogP contribution in [0.1, 0.15) is 67.1 Å². The maximum Gasteiger partial charge on any atom is 0.267 e. The molecule has 0 aromatic carbocycles. The Morgan fingerprint density at radius 2 is 2.09 bits per heavy atom. The maximum absolute atomic E-state index is 11.8. The molecule has 0 spiro atoms. The number of aromatic nitrogens is 4. The van der Waals surface area contributed by atoms with Crippen molar-refractivity contribution >= 4 is 5.78 Å². The number of hydrogen-bond donors (Lipinski definition) is 0. The zero-order valence-corrected chi connectivity index (χ0v) is 12.5. The fraction of sp³-hybridized carbons (Fsp3) is 0.533. The highest BCUT2D eigenvalue weighted by molar-refractivity contribution is 5.91. The van der Waals surface area contributed by atoms with Crippen LogP contribution in [-0.2, 0) is 6.54 Å². The molecule has 7 heteroatoms. The molecule has 22 heavy (non-hydrogen) atoms. The van der Waals surface area contributed by atoms with E-state index < -0.39 is 0 Å². The van der Waals surface area contributed by atoms with Gasteiger partial charge in [-0.25, -0.2) is 4.68 Å². The van der Waals surface area contributed by atoms with Crippen molar-refractivity contribution in [3.8, 4) is 0 Å². The van der Waals surface area contributed by atoms with E-state index in [-0.39, 0.29) is 23.6 Å². The zero-order valence-electron chi connectivity index (χ0n) is 12.5. The highest BCUT2D eigenvalue weighted by Crippen LogP contribution is 2.31. The molecule has 0 saturated heterocycles. The van der Waals surface area contributed by atoms with Crippen molar-refractivity contribution in [2.45, 2.75) is 51.5 Å². The van der Waals surface area contributed by atoms with Gasteiger partial charge in [-0.05, 0) is 18.9 Å². The SMILES string of the molecule is CC(=O)c1ccc(=O)n(Cc2noc(C3CCCCC3)n2)n1. The van der Waals surface area contributed by atoms with E-state index in [9.17, 15) is 9.59 Å². The summed E-state index contributed by atoms with van der Waals surface area (Å²) in [4.78, 5) is 27.5. The minimum Gasteiger partial charge on any atom is -0.339 e. The lowest BCUT2D eigenvalue weighted by atomic mass is 9.89. The lowest BCUT2D eigenvalue weighted by molar-refractivity contribution is 0.101. The standard InChI is InChI=1S/C15H18N4O3/c1-10(20)12-7-8-14(21)19(17-12)9-13-16-15(22-18-13)11-5-3-2-4-6-11/h7-8,11H,2-6,9H2,1H3. The van der Waals surface area contributed by atoms with Crippen LogP contribution < -0.4 is 5.56 Å². The lowest BCUT2D eigenvalue weighted by Gasteiger charge is -2.17. The molecule has 0 bridgehead atoms. The second-order valence-electron chi connectivity index (χ2n) is 5.65. The van der Waals surface area contributed by atoms with Crippen molar-refractivity contribution in [3.63, 3.8) is 0 Å². The molecule has 0 unspecified atom stereocenters. The number of Topliss-reactive ketones (excluding diaryl/α,β-unsaturated/α-hetero) is 1. The van der Waals surface area contributed by atoms with Gasteiger partial charge in [0.2, 0.25) is 5.89 Å². The number of hydrogen-bond acceptors (Lipinski definition) is 6. The molecule has 3 rings (SSSR count). The highest BCUT2D eigenvalue weighted by Gasteiger charge is 2.21. The Morgan fingerprint density at radius 3 is 2.82 bits per heavy atom. The summed E-state index contributed by atoms with van der Waals surface area (Å²) < 4.78 is 6.51. The number of rotatable bonds is 4. The van der Waals surface area contributed by atoms with Crippen LogP contribution in [0.3, 0.4) is 0 Å². The van der Waals surface area contributed by atoms with Gasteiger partial charge >= 0.3 is 0 Å². The molecule has 1 saturated carbocycles. The number of nitrogens with zero attached hydrogens (tertiary/aromatic N) is 4. The van der Waals surface area contributed by atoms with Gasteiger partial charge in [0.1, 0.15) is 12.2 Å². The van der Waals surface area contributed by atoms with Crippen LogP contribution in [-0.4, -0.2) is 25.7 Å². The summed E-state index contributed by atoms with van der Waals surface area (Å²) in [5.74, 6) is 1.19. The minimum atomic E-state index is -0.297. The van der Waals surface area contributed by atoms with Crippen molar-refractivity contribution in [1.29, 1.82) is 0 Å². The topological polar surface area (TPSA) is 90.9 Å². The van der Waals surface area contributed by atoms with E-state index in [0.29, 0.717) is 17.6 Å². The van der Waals surface area contributed by atoms with Crippen molar-refractivity contribution in [2.75, 3.05) is 0 Å². The first kappa shape index (κ1) is 14.6. The number of carbonyl (C=O) groups is 1. The lowest BCUT2D eigenvalue weighted by Crippen LogP contribution is -2.25. The molecule has 1 fully saturated rings. The highest BCUT2D eigenvalue weighted by atomic mass is 16.5. The van der Waals surface area contributed by atoms with Crippen LogP contribution in [0.2, 0.25) is 0 Å². The van der Waals surface area contributed by atoms with E-state index in [2.05, 4.69) is 15.2 Å². The van der Waals surface area contributed by atoms with Gasteiger partial charge in [-0.15, -0.1) is 0 Å². The third kappa shape index (κ3) is 3.13. The van der Waals surface area contributed by atoms with Crippen molar-refractivity contribution in [3.05, 3.63) is 39.9 Å². The third-order valence-corrected chi connectivity index (χ3v) is 3.96. The fourth-order valence-corrected chi connectivity index (χ4v) is 2.73. The first-order chi connectivity index (χ1) is 10.6. The van der Waals surface area contributed by atoms with E-state index in [1.54, 1.807) is 0 Å². The van der Waals surface area contributed by atoms with Gasteiger partial charge < -0.3 is 4.52 Å². The summed E-state index contributed by atoms with van der Waals surface area (Å²) in [5, 5.41) is 7.95. The molecule has 2 aromatic rings. The summed E-state index contributed by atoms with van der Waals surface area (Å²) in [6, 6.07) is 2.75. The molecule has 0 radical (unpaired) electrons. The molecule has 2 aromatic heterocycles. The molecule has 0 N–H and O–H groups in total. The molecule has 1 aliphatic carbocycles. The van der Waals surface area contributed by atoms with E-state index >= 15 is 0 Å². The second kappa shape index (κ2) is 6.21. The van der Waals surface area contributed by atoms with Crippen LogP contribution >= 0.6 is 0 Å². The van der Waals surface area contributed by atoms with Gasteiger partial charge in [0, 0.05) is 18.9 Å². The summed E-state index contributed by atoms with van der Waals surface area (Å²) >= 11 is 0. The normalized spacial score (nSPS) is 15.9. The smallest absolute Gasteiger partial charge is 0.267 e. The largest absolute Gasteiger partial charge is 0.339 e. The predicted octanol–water partition coefficient (Wildman–Crippen LogP) is 1.92. The van der Waals surface area contributed by atoms with E-state index in [4.69, 9.17) is 4.52 Å². The first-order valence-corrected chi connectivity index (χ1v) is 7.55. The predicted molar refractivity (Wildman–Crippen MR) is 77.7 cm³/mol. The molecule has 0 amide bonds. The van der Waals surface area contributed by atoms with Crippen LogP contribution in [0.4, 0.5) is 0 Å². The van der Waals surface area contributed by atoms with Gasteiger partial charge in [-0.3, -0.25) is 9.59 Å². The van der Waals surface area contributed by atoms with E-state index in [1.807, 2.05) is 0 Å². The van der Waals surface area contributed by atoms with Crippen LogP contribution in [0.25, 0.3) is 0 Å². The van der Waals surface area contributed by atoms with Gasteiger partial charge in [0.15, 0.2) is 11.6 Å². The van der Waals surface area contributed by atoms with Gasteiger partial charge in [-0.1, -0.05) is 24.4 Å². The summed E-state index contributed by atoms with van der Waals surface area (Å²) in [6.07, 6.45) is 5.77. The average Bonchev–Trinajstić information content (AvgIpc) is 2.99. The van der Waals surface area contributed by atoms with E-state index in [1.165, 1.54) is 43.0 Å². The quantitative estimate of drug-likeness (QED) is 0.801. The Balaban J connectivity index is 1.79. The van der Waals surface area contributed by atoms with Gasteiger partial charge in [0.05, 0.1) is 0 Å². The molecule has 7 nitrogen and oxygen atoms in total. The van der Waals surface area contributed by atoms with E-state index in [0.717, 1.165) is 12.8 Å². The zero-order chi connectivity index (χ0) is 15.5. The molecular formula is C15H18N4O3. The molecule has 0 atom stereocenters. The van der Waals surface area contributed by atoms with Crippen molar-refractivity contribution in [1.82, 2.24) is 19.9 Å². The van der Waals surface area contributed by atoms with Crippen molar-refractivity contribution in [2.24, 2.45) is 0 Å². The fourth-order valence-electron chi connectivity index (χ4n) is 2.73. The molecule has 116 valence electrons. The number of ketones is 1. The van der Waals surface area contributed by atoms with Gasteiger partial charge in [0.25, 0.3) is 5.56 Å². The number of carbonyl (C=O) groups excluding carboxylic acids is 1. The maximum atomic E-state index is 11.8. The van der Waals surface area contributed by atoms with Crippen LogP contribution in [0, 0.1) is 0 Å². The van der Waals surface area contributed by atoms with Crippen LogP contribution in [0.15, 0.2) is 21.5 Å². The average molecular weight is 302 g/mol. The Labute approximate surface area is 127 Å². The molecule has 2 heterocycles. The van der Waals surface area contributed by atoms with Crippen molar-refractivity contribution < 1.29 is 9.32 Å². The summed E-state index contributed by atoms with van der Waals surface area (Å²) in [5.41, 5.74) is -0.0513. The third-order valence-electron chi connectivity index (χ3n) is 3.96. The Bertz CT molecular complexity index is 728. The Morgan fingerprint density at radius 1 is 1.32 bits per heavy atom. The summed E-state index contributed by atoms with van der Waals surface area (Å²) in [6.45, 7) is 1.52. The molecule has 0 aliphatic heterocycles.